The van der Waals surface area contributed by atoms with Gasteiger partial charge < -0.3 is 4.90 Å². The third-order valence-corrected chi connectivity index (χ3v) is 6.42. The Morgan fingerprint density at radius 2 is 1.88 bits per heavy atom. The lowest BCUT2D eigenvalue weighted by Crippen LogP contribution is -2.38. The monoisotopic (exact) mass is 488 g/mol. The van der Waals surface area contributed by atoms with Crippen molar-refractivity contribution in [3.63, 3.8) is 0 Å². The average molecular weight is 489 g/mol. The van der Waals surface area contributed by atoms with Crippen LogP contribution in [-0.4, -0.2) is 46.9 Å². The van der Waals surface area contributed by atoms with E-state index in [2.05, 4.69) is 37.8 Å². The summed E-state index contributed by atoms with van der Waals surface area (Å²) in [5.41, 5.74) is 2.72. The number of benzene rings is 2. The van der Waals surface area contributed by atoms with Crippen molar-refractivity contribution in [3.8, 4) is 0 Å². The molecule has 3 rings (SSSR count). The molecule has 0 aliphatic rings. The van der Waals surface area contributed by atoms with Crippen LogP contribution in [0.15, 0.2) is 48.5 Å². The van der Waals surface area contributed by atoms with Crippen molar-refractivity contribution >= 4 is 56.8 Å². The summed E-state index contributed by atoms with van der Waals surface area (Å²) in [5.74, 6) is -0.196. The molecule has 0 radical (unpaired) electrons. The van der Waals surface area contributed by atoms with Gasteiger partial charge in [0.1, 0.15) is 0 Å². The smallest absolute Gasteiger partial charge is 0.270 e. The molecule has 33 heavy (non-hydrogen) atoms. The second-order valence-electron chi connectivity index (χ2n) is 7.35. The fraction of sp³-hybridized carbons (Fsp3) is 0.333. The number of likely N-dealkylation sites (N-methyl/N-ethyl adjacent to an activating group) is 1. The molecule has 9 heteroatoms. The summed E-state index contributed by atoms with van der Waals surface area (Å²) < 4.78 is 1.06. The number of hydrogen-bond acceptors (Lipinski definition) is 6. The highest BCUT2D eigenvalue weighted by Crippen LogP contribution is 2.30. The Hall–Kier alpha value is -2.81. The van der Waals surface area contributed by atoms with E-state index >= 15 is 0 Å². The van der Waals surface area contributed by atoms with Crippen LogP contribution in [0.25, 0.3) is 16.3 Å². The van der Waals surface area contributed by atoms with Crippen LogP contribution in [-0.2, 0) is 11.2 Å². The Labute approximate surface area is 204 Å². The number of thiazole rings is 1. The van der Waals surface area contributed by atoms with Gasteiger partial charge in [0.15, 0.2) is 5.13 Å². The van der Waals surface area contributed by atoms with Gasteiger partial charge in [-0.15, -0.1) is 12.4 Å². The van der Waals surface area contributed by atoms with Gasteiger partial charge in [-0.1, -0.05) is 50.3 Å². The molecule has 0 atom stereocenters. The number of nitro benzene ring substituents is 1. The molecule has 0 saturated heterocycles. The van der Waals surface area contributed by atoms with Crippen molar-refractivity contribution in [2.24, 2.45) is 0 Å². The Bertz CT molecular complexity index is 1130. The number of anilines is 1. The maximum Gasteiger partial charge on any atom is 0.270 e. The van der Waals surface area contributed by atoms with Gasteiger partial charge in [0.2, 0.25) is 0 Å². The normalized spacial score (nSPS) is 11.2. The first kappa shape index (κ1) is 26.4. The highest BCUT2D eigenvalue weighted by molar-refractivity contribution is 7.22. The summed E-state index contributed by atoms with van der Waals surface area (Å²) in [6.07, 6.45) is 4.02. The molecule has 0 N–H and O–H groups in total. The minimum atomic E-state index is -0.443. The van der Waals surface area contributed by atoms with E-state index in [0.29, 0.717) is 17.2 Å². The molecule has 0 spiro atoms. The lowest BCUT2D eigenvalue weighted by molar-refractivity contribution is -0.384. The van der Waals surface area contributed by atoms with Crippen LogP contribution in [0, 0.1) is 10.1 Å². The van der Waals surface area contributed by atoms with Crippen LogP contribution in [0.2, 0.25) is 0 Å². The Morgan fingerprint density at radius 3 is 2.55 bits per heavy atom. The first-order valence-electron chi connectivity index (χ1n) is 10.8. The van der Waals surface area contributed by atoms with Gasteiger partial charge in [-0.2, -0.15) is 0 Å². The number of halogens is 1. The summed E-state index contributed by atoms with van der Waals surface area (Å²) in [6, 6.07) is 12.4. The molecule has 1 heterocycles. The fourth-order valence-corrected chi connectivity index (χ4v) is 4.43. The third kappa shape index (κ3) is 6.83. The lowest BCUT2D eigenvalue weighted by atomic mass is 10.2. The van der Waals surface area contributed by atoms with Crippen molar-refractivity contribution in [3.05, 3.63) is 69.8 Å². The van der Waals surface area contributed by atoms with Gasteiger partial charge in [0, 0.05) is 31.3 Å². The predicted molar refractivity (Wildman–Crippen MR) is 139 cm³/mol. The Morgan fingerprint density at radius 1 is 1.12 bits per heavy atom. The molecule has 2 aromatic carbocycles. The van der Waals surface area contributed by atoms with E-state index in [1.165, 1.54) is 35.1 Å². The van der Waals surface area contributed by atoms with Crippen LogP contribution in [0.5, 0.6) is 0 Å². The van der Waals surface area contributed by atoms with Gasteiger partial charge in [0.05, 0.1) is 15.1 Å². The highest BCUT2D eigenvalue weighted by Gasteiger charge is 2.19. The molecule has 0 fully saturated rings. The second-order valence-corrected chi connectivity index (χ2v) is 8.36. The van der Waals surface area contributed by atoms with Crippen molar-refractivity contribution < 1.29 is 9.72 Å². The van der Waals surface area contributed by atoms with Crippen molar-refractivity contribution in [1.29, 1.82) is 0 Å². The van der Waals surface area contributed by atoms with Gasteiger partial charge in [-0.25, -0.2) is 4.98 Å². The van der Waals surface area contributed by atoms with Crippen molar-refractivity contribution in [2.45, 2.75) is 27.2 Å². The SMILES string of the molecule is CCc1ccc2nc(N(CCN(CC)CC)C(=O)C=Cc3cccc([N+](=O)[O-])c3)sc2c1.Cl. The van der Waals surface area contributed by atoms with Gasteiger partial charge in [-0.3, -0.25) is 19.8 Å². The zero-order chi connectivity index (χ0) is 23.1. The summed E-state index contributed by atoms with van der Waals surface area (Å²) in [4.78, 5) is 32.4. The molecule has 0 bridgehead atoms. The molecule has 7 nitrogen and oxygen atoms in total. The van der Waals surface area contributed by atoms with Crippen LogP contribution >= 0.6 is 23.7 Å². The zero-order valence-electron chi connectivity index (χ0n) is 19.1. The first-order valence-corrected chi connectivity index (χ1v) is 11.6. The van der Waals surface area contributed by atoms with E-state index in [9.17, 15) is 14.9 Å². The van der Waals surface area contributed by atoms with E-state index in [-0.39, 0.29) is 24.0 Å². The minimum Gasteiger partial charge on any atom is -0.302 e. The largest absolute Gasteiger partial charge is 0.302 e. The maximum atomic E-state index is 13.2. The maximum absolute atomic E-state index is 13.2. The number of fused-ring (bicyclic) bond motifs is 1. The van der Waals surface area contributed by atoms with Crippen LogP contribution in [0.1, 0.15) is 31.9 Å². The van der Waals surface area contributed by atoms with Gasteiger partial charge in [-0.05, 0) is 48.8 Å². The van der Waals surface area contributed by atoms with Crippen LogP contribution in [0.4, 0.5) is 10.8 Å². The summed E-state index contributed by atoms with van der Waals surface area (Å²) in [5, 5.41) is 11.7. The van der Waals surface area contributed by atoms with E-state index < -0.39 is 4.92 Å². The first-order chi connectivity index (χ1) is 15.4. The number of hydrogen-bond donors (Lipinski definition) is 0. The number of aromatic nitrogens is 1. The number of aryl methyl sites for hydroxylation is 1. The quantitative estimate of drug-likeness (QED) is 0.211. The van der Waals surface area contributed by atoms with Crippen molar-refractivity contribution in [1.82, 2.24) is 9.88 Å². The van der Waals surface area contributed by atoms with Gasteiger partial charge >= 0.3 is 0 Å². The molecular formula is C24H29ClN4O3S. The van der Waals surface area contributed by atoms with Crippen LogP contribution < -0.4 is 4.90 Å². The highest BCUT2D eigenvalue weighted by atomic mass is 35.5. The number of rotatable bonds is 10. The molecule has 0 aliphatic heterocycles. The van der Waals surface area contributed by atoms with E-state index in [1.54, 1.807) is 23.1 Å². The topological polar surface area (TPSA) is 79.6 Å². The third-order valence-electron chi connectivity index (χ3n) is 5.38. The number of nitro groups is 1. The number of nitrogens with zero attached hydrogens (tertiary/aromatic N) is 4. The summed E-state index contributed by atoms with van der Waals surface area (Å²) in [7, 11) is 0. The number of carbonyl (C=O) groups is 1. The molecule has 0 aliphatic carbocycles. The van der Waals surface area contributed by atoms with E-state index in [1.807, 2.05) is 6.07 Å². The Balaban J connectivity index is 0.00000385. The molecule has 176 valence electrons. The fourth-order valence-electron chi connectivity index (χ4n) is 3.37. The van der Waals surface area contributed by atoms with E-state index in [4.69, 9.17) is 4.98 Å². The average Bonchev–Trinajstić information content (AvgIpc) is 3.23. The molecule has 1 aromatic heterocycles. The number of carbonyl (C=O) groups excluding carboxylic acids is 1. The predicted octanol–water partition coefficient (Wildman–Crippen LogP) is 5.58. The standard InChI is InChI=1S/C24H28N4O3S.ClH/c1-4-18-10-12-21-22(17-18)32-24(25-21)27(15-14-26(5-2)6-3)23(29)13-11-19-8-7-9-20(16-19)28(30)31;/h7-13,16-17H,4-6,14-15H2,1-3H3;1H. The summed E-state index contributed by atoms with van der Waals surface area (Å²) in [6.45, 7) is 9.37. The van der Waals surface area contributed by atoms with Crippen molar-refractivity contribution in [2.75, 3.05) is 31.1 Å². The molecule has 0 unspecified atom stereocenters. The molecule has 0 saturated carbocycles. The van der Waals surface area contributed by atoms with Gasteiger partial charge in [0.25, 0.3) is 11.6 Å². The van der Waals surface area contributed by atoms with Crippen LogP contribution in [0.3, 0.4) is 0 Å². The van der Waals surface area contributed by atoms with E-state index in [0.717, 1.165) is 36.3 Å². The number of amides is 1. The molecule has 3 aromatic rings. The molecule has 1 amide bonds. The Kier molecular flexibility index (Phi) is 9.96. The summed E-state index contributed by atoms with van der Waals surface area (Å²) >= 11 is 1.51. The molecular weight excluding hydrogens is 460 g/mol. The zero-order valence-corrected chi connectivity index (χ0v) is 20.7. The second kappa shape index (κ2) is 12.4. The number of non-ortho nitro benzene ring substituents is 1. The lowest BCUT2D eigenvalue weighted by Gasteiger charge is -2.23. The minimum absolute atomic E-state index is 0.